The summed E-state index contributed by atoms with van der Waals surface area (Å²) in [5.74, 6) is -2.13. The summed E-state index contributed by atoms with van der Waals surface area (Å²) >= 11 is 0. The highest BCUT2D eigenvalue weighted by molar-refractivity contribution is 5.95. The first-order chi connectivity index (χ1) is 13.6. The van der Waals surface area contributed by atoms with E-state index in [0.717, 1.165) is 5.57 Å². The third-order valence-corrected chi connectivity index (χ3v) is 6.00. The average Bonchev–Trinajstić information content (AvgIpc) is 3.21. The van der Waals surface area contributed by atoms with Crippen molar-refractivity contribution in [3.63, 3.8) is 0 Å². The fourth-order valence-electron chi connectivity index (χ4n) is 4.58. The van der Waals surface area contributed by atoms with Crippen LogP contribution in [-0.2, 0) is 38.1 Å². The summed E-state index contributed by atoms with van der Waals surface area (Å²) in [7, 11) is 0. The molecule has 2 aliphatic carbocycles. The Bertz CT molecular complexity index is 919. The zero-order chi connectivity index (χ0) is 21.1. The van der Waals surface area contributed by atoms with Crippen molar-refractivity contribution in [2.24, 2.45) is 11.3 Å². The maximum atomic E-state index is 12.6. The Balaban J connectivity index is 1.69. The molecule has 0 saturated carbocycles. The Hall–Kier alpha value is -2.90. The molecule has 2 aliphatic heterocycles. The molecule has 4 aliphatic rings. The summed E-state index contributed by atoms with van der Waals surface area (Å²) < 4.78 is 21.7. The van der Waals surface area contributed by atoms with E-state index in [1.165, 1.54) is 19.3 Å². The van der Waals surface area contributed by atoms with E-state index in [1.54, 1.807) is 20.8 Å². The number of hydrogen-bond donors (Lipinski definition) is 0. The largest absolute Gasteiger partial charge is 0.458 e. The highest BCUT2D eigenvalue weighted by Crippen LogP contribution is 2.54. The second-order valence-electron chi connectivity index (χ2n) is 8.20. The molecule has 29 heavy (non-hydrogen) atoms. The van der Waals surface area contributed by atoms with Crippen molar-refractivity contribution in [2.45, 2.75) is 59.0 Å². The lowest BCUT2D eigenvalue weighted by Crippen LogP contribution is -2.35. The molecule has 1 fully saturated rings. The van der Waals surface area contributed by atoms with E-state index in [4.69, 9.17) is 18.9 Å². The van der Waals surface area contributed by atoms with Gasteiger partial charge in [-0.1, -0.05) is 0 Å². The molecule has 4 atom stereocenters. The van der Waals surface area contributed by atoms with Crippen LogP contribution in [0.3, 0.4) is 0 Å². The monoisotopic (exact) mass is 402 g/mol. The predicted octanol–water partition coefficient (Wildman–Crippen LogP) is 1.89. The van der Waals surface area contributed by atoms with Gasteiger partial charge < -0.3 is 18.9 Å². The summed E-state index contributed by atoms with van der Waals surface area (Å²) in [5, 5.41) is 0. The molecular weight excluding hydrogens is 380 g/mol. The van der Waals surface area contributed by atoms with Crippen LogP contribution in [0.4, 0.5) is 0 Å². The number of ketones is 1. The first kappa shape index (κ1) is 19.4. The molecule has 0 aromatic carbocycles. The first-order valence-electron chi connectivity index (χ1n) is 9.51. The minimum atomic E-state index is -0.934. The molecule has 0 N–H and O–H groups in total. The number of rotatable bonds is 3. The molecule has 4 unspecified atom stereocenters. The third kappa shape index (κ3) is 2.97. The standard InChI is InChI=1S/C21H22O8/c1-9-7-14(28-19(9)24)26-8-12-15-17(27-10(2)22)11-5-6-13(23)21(3,4)16(11)18(15)29-20(12)25/h7-8,14-15,17-18H,5-6H2,1-4H3. The molecule has 0 radical (unpaired) electrons. The Labute approximate surface area is 167 Å². The van der Waals surface area contributed by atoms with Gasteiger partial charge in [-0.2, -0.15) is 0 Å². The highest BCUT2D eigenvalue weighted by Gasteiger charge is 2.60. The van der Waals surface area contributed by atoms with E-state index in [-0.39, 0.29) is 11.4 Å². The van der Waals surface area contributed by atoms with Gasteiger partial charge in [-0.15, -0.1) is 0 Å². The van der Waals surface area contributed by atoms with E-state index in [1.807, 2.05) is 0 Å². The molecule has 8 heteroatoms. The Morgan fingerprint density at radius 2 is 1.90 bits per heavy atom. The van der Waals surface area contributed by atoms with Gasteiger partial charge in [-0.25, -0.2) is 9.59 Å². The fourth-order valence-corrected chi connectivity index (χ4v) is 4.58. The van der Waals surface area contributed by atoms with Crippen LogP contribution in [0.15, 0.2) is 34.6 Å². The van der Waals surface area contributed by atoms with Gasteiger partial charge in [-0.05, 0) is 38.3 Å². The summed E-state index contributed by atoms with van der Waals surface area (Å²) in [6, 6.07) is 0. The van der Waals surface area contributed by atoms with Gasteiger partial charge in [0, 0.05) is 30.4 Å². The molecule has 1 saturated heterocycles. The SMILES string of the molecule is CC(=O)OC1C2=C(C3OC(=O)C(=COC4C=C(C)C(=O)O4)C13)C(C)(C)C(=O)CC2. The quantitative estimate of drug-likeness (QED) is 0.232. The van der Waals surface area contributed by atoms with Crippen LogP contribution < -0.4 is 0 Å². The van der Waals surface area contributed by atoms with Gasteiger partial charge in [0.25, 0.3) is 6.29 Å². The zero-order valence-corrected chi connectivity index (χ0v) is 16.6. The van der Waals surface area contributed by atoms with Crippen molar-refractivity contribution in [2.75, 3.05) is 0 Å². The molecule has 4 rings (SSSR count). The van der Waals surface area contributed by atoms with Crippen LogP contribution in [0.25, 0.3) is 0 Å². The minimum Gasteiger partial charge on any atom is -0.458 e. The first-order valence-corrected chi connectivity index (χ1v) is 9.51. The normalized spacial score (nSPS) is 33.9. The van der Waals surface area contributed by atoms with Crippen LogP contribution in [0.1, 0.15) is 40.5 Å². The second kappa shape index (κ2) is 6.57. The summed E-state index contributed by atoms with van der Waals surface area (Å²) in [5.41, 5.74) is 1.33. The summed E-state index contributed by atoms with van der Waals surface area (Å²) in [6.45, 7) is 6.50. The van der Waals surface area contributed by atoms with Gasteiger partial charge in [0.05, 0.1) is 17.8 Å². The number of carbonyl (C=O) groups is 4. The van der Waals surface area contributed by atoms with E-state index >= 15 is 0 Å². The number of fused-ring (bicyclic) bond motifs is 2. The lowest BCUT2D eigenvalue weighted by molar-refractivity contribution is -0.152. The number of ether oxygens (including phenoxy) is 4. The topological polar surface area (TPSA) is 105 Å². The zero-order valence-electron chi connectivity index (χ0n) is 16.6. The molecule has 2 heterocycles. The maximum Gasteiger partial charge on any atom is 0.338 e. The molecule has 0 bridgehead atoms. The second-order valence-corrected chi connectivity index (χ2v) is 8.20. The molecule has 0 aromatic heterocycles. The fraction of sp³-hybridized carbons (Fsp3) is 0.524. The highest BCUT2D eigenvalue weighted by atomic mass is 16.7. The number of carbonyl (C=O) groups excluding carboxylic acids is 4. The molecule has 0 spiro atoms. The lowest BCUT2D eigenvalue weighted by Gasteiger charge is -2.33. The van der Waals surface area contributed by atoms with E-state index < -0.39 is 47.7 Å². The molecule has 0 aromatic rings. The Kier molecular flexibility index (Phi) is 4.40. The predicted molar refractivity (Wildman–Crippen MR) is 96.8 cm³/mol. The molecular formula is C21H22O8. The summed E-state index contributed by atoms with van der Waals surface area (Å²) in [6.07, 6.45) is 1.18. The van der Waals surface area contributed by atoms with Gasteiger partial charge in [0.15, 0.2) is 0 Å². The lowest BCUT2D eigenvalue weighted by atomic mass is 9.71. The van der Waals surface area contributed by atoms with Gasteiger partial charge in [0.1, 0.15) is 18.0 Å². The maximum absolute atomic E-state index is 12.6. The van der Waals surface area contributed by atoms with Crippen molar-refractivity contribution < 1.29 is 38.1 Å². The van der Waals surface area contributed by atoms with Crippen LogP contribution in [0.2, 0.25) is 0 Å². The van der Waals surface area contributed by atoms with Crippen molar-refractivity contribution in [3.05, 3.63) is 34.6 Å². The molecule has 154 valence electrons. The molecule has 8 nitrogen and oxygen atoms in total. The Morgan fingerprint density at radius 1 is 1.17 bits per heavy atom. The van der Waals surface area contributed by atoms with Crippen molar-refractivity contribution in [3.8, 4) is 0 Å². The number of cyclic esters (lactones) is 1. The van der Waals surface area contributed by atoms with Crippen LogP contribution in [0.5, 0.6) is 0 Å². The van der Waals surface area contributed by atoms with Crippen molar-refractivity contribution in [1.29, 1.82) is 0 Å². The minimum absolute atomic E-state index is 0.0571. The Morgan fingerprint density at radius 3 is 2.52 bits per heavy atom. The van der Waals surface area contributed by atoms with E-state index in [2.05, 4.69) is 0 Å². The van der Waals surface area contributed by atoms with Crippen LogP contribution in [-0.4, -0.2) is 42.2 Å². The van der Waals surface area contributed by atoms with Crippen LogP contribution >= 0.6 is 0 Å². The molecule has 0 amide bonds. The number of hydrogen-bond acceptors (Lipinski definition) is 8. The van der Waals surface area contributed by atoms with Gasteiger partial charge >= 0.3 is 17.9 Å². The van der Waals surface area contributed by atoms with E-state index in [0.29, 0.717) is 24.0 Å². The number of Topliss-reactive ketones (excluding diaryl/α,β-unsaturated/α-hetero) is 1. The third-order valence-electron chi connectivity index (χ3n) is 6.00. The van der Waals surface area contributed by atoms with Gasteiger partial charge in [-0.3, -0.25) is 9.59 Å². The van der Waals surface area contributed by atoms with E-state index in [9.17, 15) is 19.2 Å². The smallest absolute Gasteiger partial charge is 0.338 e. The summed E-state index contributed by atoms with van der Waals surface area (Å²) in [4.78, 5) is 48.4. The number of esters is 3. The average molecular weight is 402 g/mol. The van der Waals surface area contributed by atoms with Crippen molar-refractivity contribution >= 4 is 23.7 Å². The van der Waals surface area contributed by atoms with Crippen molar-refractivity contribution in [1.82, 2.24) is 0 Å². The van der Waals surface area contributed by atoms with Crippen LogP contribution in [0, 0.1) is 11.3 Å². The van der Waals surface area contributed by atoms with Gasteiger partial charge in [0.2, 0.25) is 0 Å².